The summed E-state index contributed by atoms with van der Waals surface area (Å²) < 4.78 is 28.5. The summed E-state index contributed by atoms with van der Waals surface area (Å²) in [7, 11) is -3.88. The van der Waals surface area contributed by atoms with Crippen molar-refractivity contribution in [2.75, 3.05) is 36.4 Å². The summed E-state index contributed by atoms with van der Waals surface area (Å²) in [5.41, 5.74) is 3.13. The number of piperidine rings is 1. The van der Waals surface area contributed by atoms with Gasteiger partial charge in [0.15, 0.2) is 5.65 Å². The molecule has 0 bridgehead atoms. The minimum absolute atomic E-state index is 0.0352. The van der Waals surface area contributed by atoms with Crippen LogP contribution in [-0.4, -0.2) is 65.4 Å². The third-order valence-corrected chi connectivity index (χ3v) is 10.4. The number of aromatic nitrogens is 3. The van der Waals surface area contributed by atoms with Crippen molar-refractivity contribution in [1.82, 2.24) is 18.8 Å². The highest BCUT2D eigenvalue weighted by atomic mass is 35.5. The van der Waals surface area contributed by atoms with Gasteiger partial charge in [0.05, 0.1) is 16.8 Å². The summed E-state index contributed by atoms with van der Waals surface area (Å²) in [5.74, 6) is 0.608. The van der Waals surface area contributed by atoms with Crippen molar-refractivity contribution in [3.63, 3.8) is 0 Å². The van der Waals surface area contributed by atoms with Gasteiger partial charge in [-0.15, -0.1) is 0 Å². The zero-order valence-corrected chi connectivity index (χ0v) is 27.6. The number of benzene rings is 3. The third-order valence-electron chi connectivity index (χ3n) is 8.26. The Hall–Kier alpha value is -4.12. The van der Waals surface area contributed by atoms with Gasteiger partial charge in [-0.3, -0.25) is 4.79 Å². The molecule has 1 unspecified atom stereocenters. The van der Waals surface area contributed by atoms with Crippen LogP contribution < -0.4 is 10.2 Å². The predicted molar refractivity (Wildman–Crippen MR) is 183 cm³/mol. The van der Waals surface area contributed by atoms with Crippen LogP contribution in [-0.2, 0) is 21.2 Å². The van der Waals surface area contributed by atoms with E-state index in [0.29, 0.717) is 52.2 Å². The van der Waals surface area contributed by atoms with Crippen molar-refractivity contribution in [3.8, 4) is 0 Å². The largest absolute Gasteiger partial charge is 0.376 e. The van der Waals surface area contributed by atoms with E-state index in [4.69, 9.17) is 28.2 Å². The Morgan fingerprint density at radius 1 is 1.00 bits per heavy atom. The van der Waals surface area contributed by atoms with Gasteiger partial charge in [-0.05, 0) is 68.1 Å². The highest BCUT2D eigenvalue weighted by molar-refractivity contribution is 7.90. The highest BCUT2D eigenvalue weighted by Crippen LogP contribution is 2.31. The number of amides is 1. The number of fused-ring (bicyclic) bond motifs is 1. The Kier molecular flexibility index (Phi) is 9.49. The average molecular weight is 678 g/mol. The molecule has 1 amide bonds. The molecule has 0 saturated carbocycles. The van der Waals surface area contributed by atoms with Gasteiger partial charge in [0, 0.05) is 47.6 Å². The molecule has 1 N–H and O–H groups in total. The van der Waals surface area contributed by atoms with Gasteiger partial charge in [0.2, 0.25) is 5.91 Å². The minimum atomic E-state index is -3.88. The zero-order valence-electron chi connectivity index (χ0n) is 25.3. The molecule has 1 aliphatic rings. The van der Waals surface area contributed by atoms with E-state index in [-0.39, 0.29) is 23.4 Å². The molecule has 1 aliphatic heterocycles. The number of carbonyl (C=O) groups excluding carboxylic acids is 1. The lowest BCUT2D eigenvalue weighted by Gasteiger charge is -2.40. The first kappa shape index (κ1) is 31.8. The molecule has 2 aromatic heterocycles. The van der Waals surface area contributed by atoms with E-state index in [1.807, 2.05) is 30.0 Å². The molecule has 0 spiro atoms. The number of hydrogen-bond acceptors (Lipinski definition) is 7. The number of rotatable bonds is 10. The Balaban J connectivity index is 1.29. The van der Waals surface area contributed by atoms with Crippen molar-refractivity contribution < 1.29 is 13.2 Å². The quantitative estimate of drug-likeness (QED) is 0.182. The number of halogens is 2. The summed E-state index contributed by atoms with van der Waals surface area (Å²) in [6, 6.07) is 23.8. The molecule has 1 saturated heterocycles. The summed E-state index contributed by atoms with van der Waals surface area (Å²) in [6.07, 6.45) is 5.37. The minimum Gasteiger partial charge on any atom is -0.376 e. The number of aryl methyl sites for hydroxylation is 1. The predicted octanol–water partition coefficient (Wildman–Crippen LogP) is 6.44. The Morgan fingerprint density at radius 3 is 2.48 bits per heavy atom. The fourth-order valence-corrected chi connectivity index (χ4v) is 7.73. The van der Waals surface area contributed by atoms with Gasteiger partial charge in [-0.25, -0.2) is 22.4 Å². The van der Waals surface area contributed by atoms with Crippen molar-refractivity contribution in [2.45, 2.75) is 37.1 Å². The van der Waals surface area contributed by atoms with Crippen molar-refractivity contribution in [3.05, 3.63) is 113 Å². The Morgan fingerprint density at radius 2 is 1.74 bits per heavy atom. The van der Waals surface area contributed by atoms with Gasteiger partial charge in [0.25, 0.3) is 10.0 Å². The lowest BCUT2D eigenvalue weighted by Crippen LogP contribution is -2.52. The van der Waals surface area contributed by atoms with Crippen LogP contribution in [0.15, 0.2) is 96.3 Å². The molecule has 1 atom stereocenters. The average Bonchev–Trinajstić information content (AvgIpc) is 3.50. The van der Waals surface area contributed by atoms with Crippen LogP contribution in [0.2, 0.25) is 10.0 Å². The van der Waals surface area contributed by atoms with Crippen LogP contribution in [0.1, 0.15) is 24.0 Å². The van der Waals surface area contributed by atoms with Gasteiger partial charge < -0.3 is 15.1 Å². The normalized spacial score (nSPS) is 15.2. The van der Waals surface area contributed by atoms with Crippen LogP contribution in [0.25, 0.3) is 11.0 Å². The van der Waals surface area contributed by atoms with E-state index in [0.717, 1.165) is 24.8 Å². The molecule has 0 radical (unpaired) electrons. The summed E-state index contributed by atoms with van der Waals surface area (Å²) in [6.45, 7) is 3.78. The van der Waals surface area contributed by atoms with Crippen LogP contribution in [0.5, 0.6) is 0 Å². The van der Waals surface area contributed by atoms with Crippen LogP contribution in [0.3, 0.4) is 0 Å². The smallest absolute Gasteiger partial charge is 0.269 e. The first-order chi connectivity index (χ1) is 22.2. The SMILES string of the molecule is Cc1ccc(S(=O)(=O)n2ccc3c(N(CCc4ccccc4)C4CCCN(C(=O)CNc5cc(Cl)cc(Cl)c5)C4)ncnc32)cc1. The highest BCUT2D eigenvalue weighted by Gasteiger charge is 2.31. The number of carbonyl (C=O) groups is 1. The molecule has 3 aromatic carbocycles. The molecular formula is C34H34Cl2N6O3S. The molecular weight excluding hydrogens is 643 g/mol. The summed E-state index contributed by atoms with van der Waals surface area (Å²) in [5, 5.41) is 4.77. The number of likely N-dealkylation sites (tertiary alicyclic amines) is 1. The van der Waals surface area contributed by atoms with Crippen LogP contribution in [0.4, 0.5) is 11.5 Å². The van der Waals surface area contributed by atoms with Gasteiger partial charge >= 0.3 is 0 Å². The second-order valence-corrected chi connectivity index (χ2v) is 14.1. The van der Waals surface area contributed by atoms with E-state index in [2.05, 4.69) is 27.3 Å². The second-order valence-electron chi connectivity index (χ2n) is 11.4. The standard InChI is InChI=1S/C34H34Cl2N6O3S/c1-24-9-11-30(12-10-24)46(44,45)42-17-14-31-33(38-23-39-34(31)42)41(16-13-25-6-3-2-4-7-25)29-8-5-15-40(22-29)32(43)21-37-28-19-26(35)18-27(36)20-28/h2-4,6-7,9-12,14,17-20,23,29,37H,5,8,13,15-16,21-22H2,1H3. The van der Waals surface area contributed by atoms with E-state index in [9.17, 15) is 13.2 Å². The van der Waals surface area contributed by atoms with Crippen molar-refractivity contribution in [1.29, 1.82) is 0 Å². The van der Waals surface area contributed by atoms with Crippen LogP contribution in [0, 0.1) is 6.92 Å². The van der Waals surface area contributed by atoms with Gasteiger partial charge in [-0.1, -0.05) is 71.2 Å². The number of nitrogens with zero attached hydrogens (tertiary/aromatic N) is 5. The lowest BCUT2D eigenvalue weighted by atomic mass is 10.0. The molecule has 6 rings (SSSR count). The van der Waals surface area contributed by atoms with Gasteiger partial charge in [0.1, 0.15) is 12.1 Å². The lowest BCUT2D eigenvalue weighted by molar-refractivity contribution is -0.130. The van der Waals surface area contributed by atoms with E-state index < -0.39 is 10.0 Å². The number of hydrogen-bond donors (Lipinski definition) is 1. The topological polar surface area (TPSA) is 100 Å². The van der Waals surface area contributed by atoms with Crippen molar-refractivity contribution in [2.24, 2.45) is 0 Å². The van der Waals surface area contributed by atoms with Gasteiger partial charge in [-0.2, -0.15) is 0 Å². The molecule has 3 heterocycles. The summed E-state index contributed by atoms with van der Waals surface area (Å²) >= 11 is 12.3. The molecule has 9 nitrogen and oxygen atoms in total. The molecule has 5 aromatic rings. The Bertz CT molecular complexity index is 1930. The fourth-order valence-electron chi connectivity index (χ4n) is 5.90. The van der Waals surface area contributed by atoms with Crippen LogP contribution >= 0.6 is 23.2 Å². The number of anilines is 2. The maximum absolute atomic E-state index is 13.7. The Labute approximate surface area is 278 Å². The maximum atomic E-state index is 13.7. The first-order valence-corrected chi connectivity index (χ1v) is 17.3. The third kappa shape index (κ3) is 6.99. The molecule has 0 aliphatic carbocycles. The molecule has 238 valence electrons. The fraction of sp³-hybridized carbons (Fsp3) is 0.265. The molecule has 12 heteroatoms. The second kappa shape index (κ2) is 13.7. The zero-order chi connectivity index (χ0) is 32.3. The van der Waals surface area contributed by atoms with E-state index >= 15 is 0 Å². The van der Waals surface area contributed by atoms with E-state index in [1.54, 1.807) is 48.5 Å². The maximum Gasteiger partial charge on any atom is 0.269 e. The number of nitrogens with one attached hydrogen (secondary N) is 1. The first-order valence-electron chi connectivity index (χ1n) is 15.1. The monoisotopic (exact) mass is 676 g/mol. The van der Waals surface area contributed by atoms with Crippen molar-refractivity contribution >= 4 is 61.7 Å². The molecule has 1 fully saturated rings. The molecule has 46 heavy (non-hydrogen) atoms. The van der Waals surface area contributed by atoms with E-state index in [1.165, 1.54) is 22.1 Å². The summed E-state index contributed by atoms with van der Waals surface area (Å²) in [4.78, 5) is 26.8.